The number of aromatic amines is 1. The van der Waals surface area contributed by atoms with Gasteiger partial charge in [0.15, 0.2) is 0 Å². The Bertz CT molecular complexity index is 812. The number of benzene rings is 2. The van der Waals surface area contributed by atoms with Crippen molar-refractivity contribution in [1.82, 2.24) is 15.3 Å². The van der Waals surface area contributed by atoms with Crippen molar-refractivity contribution in [3.05, 3.63) is 72.2 Å². The first kappa shape index (κ1) is 15.8. The minimum absolute atomic E-state index is 0.0732. The highest BCUT2D eigenvalue weighted by Gasteiger charge is 2.07. The molecule has 1 aromatic heterocycles. The van der Waals surface area contributed by atoms with E-state index >= 15 is 0 Å². The number of carbonyl (C=O) groups is 1. The minimum Gasteiger partial charge on any atom is -0.508 e. The largest absolute Gasteiger partial charge is 0.508 e. The lowest BCUT2D eigenvalue weighted by atomic mass is 10.1. The molecule has 0 unspecified atom stereocenters. The molecule has 3 rings (SSSR count). The van der Waals surface area contributed by atoms with Crippen LogP contribution in [0.5, 0.6) is 5.75 Å². The van der Waals surface area contributed by atoms with Crippen molar-refractivity contribution in [3.8, 4) is 17.0 Å². The molecule has 1 heterocycles. The minimum atomic E-state index is -0.0732. The first-order valence-corrected chi connectivity index (χ1v) is 7.85. The van der Waals surface area contributed by atoms with Gasteiger partial charge in [0, 0.05) is 6.42 Å². The number of H-pyrrole nitrogens is 1. The summed E-state index contributed by atoms with van der Waals surface area (Å²) in [5, 5.41) is 12.5. The van der Waals surface area contributed by atoms with E-state index in [4.69, 9.17) is 0 Å². The van der Waals surface area contributed by atoms with Crippen LogP contribution in [0.2, 0.25) is 0 Å². The highest BCUT2D eigenvalue weighted by Crippen LogP contribution is 2.17. The summed E-state index contributed by atoms with van der Waals surface area (Å²) in [6, 6.07) is 17.0. The molecule has 0 saturated heterocycles. The lowest BCUT2D eigenvalue weighted by Gasteiger charge is -2.05. The molecule has 0 fully saturated rings. The maximum atomic E-state index is 11.9. The van der Waals surface area contributed by atoms with Gasteiger partial charge < -0.3 is 15.4 Å². The molecule has 0 aliphatic carbocycles. The summed E-state index contributed by atoms with van der Waals surface area (Å²) in [6.07, 6.45) is 2.59. The monoisotopic (exact) mass is 321 g/mol. The number of aryl methyl sites for hydroxylation is 1. The number of rotatable bonds is 6. The number of imidazole rings is 1. The third-order valence-electron chi connectivity index (χ3n) is 3.78. The van der Waals surface area contributed by atoms with E-state index in [1.54, 1.807) is 18.3 Å². The Hall–Kier alpha value is -3.08. The Labute approximate surface area is 140 Å². The molecule has 0 aliphatic rings. The lowest BCUT2D eigenvalue weighted by molar-refractivity contribution is -0.121. The van der Waals surface area contributed by atoms with Crippen molar-refractivity contribution in [3.63, 3.8) is 0 Å². The number of amides is 1. The zero-order valence-corrected chi connectivity index (χ0v) is 13.2. The van der Waals surface area contributed by atoms with Gasteiger partial charge in [0.1, 0.15) is 11.6 Å². The molecule has 5 heteroatoms. The number of nitrogens with one attached hydrogen (secondary N) is 2. The van der Waals surface area contributed by atoms with Crippen molar-refractivity contribution < 1.29 is 9.90 Å². The number of hydrogen-bond acceptors (Lipinski definition) is 3. The number of phenolic OH excluding ortho intramolecular Hbond substituents is 1. The quantitative estimate of drug-likeness (QED) is 0.653. The normalized spacial score (nSPS) is 10.5. The van der Waals surface area contributed by atoms with Gasteiger partial charge in [0.25, 0.3) is 0 Å². The molecule has 3 N–H and O–H groups in total. The average molecular weight is 321 g/mol. The number of carbonyl (C=O) groups excluding carboxylic acids is 1. The Morgan fingerprint density at radius 3 is 2.62 bits per heavy atom. The van der Waals surface area contributed by atoms with Crippen LogP contribution in [0.15, 0.2) is 60.8 Å². The Kier molecular flexibility index (Phi) is 4.91. The fourth-order valence-corrected chi connectivity index (χ4v) is 2.46. The van der Waals surface area contributed by atoms with Crippen LogP contribution in [0.25, 0.3) is 11.3 Å². The van der Waals surface area contributed by atoms with Crippen molar-refractivity contribution in [1.29, 1.82) is 0 Å². The second-order valence-corrected chi connectivity index (χ2v) is 5.52. The summed E-state index contributed by atoms with van der Waals surface area (Å²) in [5.74, 6) is 0.865. The van der Waals surface area contributed by atoms with E-state index in [9.17, 15) is 9.90 Å². The molecule has 0 spiro atoms. The number of hydrogen-bond donors (Lipinski definition) is 3. The Morgan fingerprint density at radius 1 is 1.08 bits per heavy atom. The summed E-state index contributed by atoms with van der Waals surface area (Å²) < 4.78 is 0. The number of aromatic hydroxyl groups is 1. The maximum Gasteiger partial charge on any atom is 0.220 e. The molecule has 24 heavy (non-hydrogen) atoms. The molecule has 1 amide bonds. The van der Waals surface area contributed by atoms with Crippen molar-refractivity contribution in [2.24, 2.45) is 0 Å². The Balaban J connectivity index is 1.50. The van der Waals surface area contributed by atoms with Crippen molar-refractivity contribution in [2.45, 2.75) is 19.4 Å². The van der Waals surface area contributed by atoms with Crippen LogP contribution in [0.4, 0.5) is 0 Å². The summed E-state index contributed by atoms with van der Waals surface area (Å²) >= 11 is 0. The maximum absolute atomic E-state index is 11.9. The van der Waals surface area contributed by atoms with Gasteiger partial charge in [0.05, 0.1) is 18.4 Å². The van der Waals surface area contributed by atoms with Crippen LogP contribution in [0, 0.1) is 0 Å². The summed E-state index contributed by atoms with van der Waals surface area (Å²) in [5.41, 5.74) is 2.76. The second-order valence-electron chi connectivity index (χ2n) is 5.52. The van der Waals surface area contributed by atoms with Crippen LogP contribution >= 0.6 is 0 Å². The van der Waals surface area contributed by atoms with E-state index < -0.39 is 0 Å². The highest BCUT2D eigenvalue weighted by atomic mass is 16.3. The number of para-hydroxylation sites is 1. The van der Waals surface area contributed by atoms with Crippen molar-refractivity contribution >= 4 is 5.91 Å². The van der Waals surface area contributed by atoms with E-state index in [0.29, 0.717) is 25.2 Å². The second kappa shape index (κ2) is 7.46. The topological polar surface area (TPSA) is 78.0 Å². The van der Waals surface area contributed by atoms with Crippen LogP contribution in [-0.4, -0.2) is 21.0 Å². The van der Waals surface area contributed by atoms with E-state index in [1.165, 1.54) is 0 Å². The van der Waals surface area contributed by atoms with E-state index in [-0.39, 0.29) is 11.7 Å². The molecule has 2 aromatic carbocycles. The van der Waals surface area contributed by atoms with Gasteiger partial charge in [0.2, 0.25) is 5.91 Å². The van der Waals surface area contributed by atoms with E-state index in [0.717, 1.165) is 16.8 Å². The van der Waals surface area contributed by atoms with Crippen molar-refractivity contribution in [2.75, 3.05) is 0 Å². The van der Waals surface area contributed by atoms with Crippen LogP contribution in [0.3, 0.4) is 0 Å². The highest BCUT2D eigenvalue weighted by molar-refractivity contribution is 5.76. The third-order valence-corrected chi connectivity index (χ3v) is 3.78. The molecule has 0 atom stereocenters. The summed E-state index contributed by atoms with van der Waals surface area (Å²) in [7, 11) is 0. The third kappa shape index (κ3) is 4.01. The fourth-order valence-electron chi connectivity index (χ4n) is 2.46. The summed E-state index contributed by atoms with van der Waals surface area (Å²) in [6.45, 7) is 0.354. The fraction of sp³-hybridized carbons (Fsp3) is 0.158. The molecule has 5 nitrogen and oxygen atoms in total. The molecule has 122 valence electrons. The molecular formula is C19H19N3O2. The van der Waals surface area contributed by atoms with Gasteiger partial charge in [-0.3, -0.25) is 4.79 Å². The molecule has 0 bridgehead atoms. The number of aromatic nitrogens is 2. The van der Waals surface area contributed by atoms with E-state index in [1.807, 2.05) is 42.5 Å². The molecular weight excluding hydrogens is 302 g/mol. The van der Waals surface area contributed by atoms with Crippen LogP contribution < -0.4 is 5.32 Å². The zero-order chi connectivity index (χ0) is 16.8. The van der Waals surface area contributed by atoms with Gasteiger partial charge in [-0.1, -0.05) is 48.5 Å². The van der Waals surface area contributed by atoms with Crippen LogP contribution in [0.1, 0.15) is 17.8 Å². The van der Waals surface area contributed by atoms with Gasteiger partial charge in [-0.2, -0.15) is 0 Å². The smallest absolute Gasteiger partial charge is 0.220 e. The molecule has 0 saturated carbocycles. The van der Waals surface area contributed by atoms with Gasteiger partial charge in [-0.05, 0) is 23.6 Å². The molecule has 0 aliphatic heterocycles. The average Bonchev–Trinajstić information content (AvgIpc) is 3.09. The van der Waals surface area contributed by atoms with Gasteiger partial charge >= 0.3 is 0 Å². The SMILES string of the molecule is O=C(CCc1ccccc1O)NCc1ncc(-c2ccccc2)[nH]1. The van der Waals surface area contributed by atoms with E-state index in [2.05, 4.69) is 15.3 Å². The molecule has 0 radical (unpaired) electrons. The predicted molar refractivity (Wildman–Crippen MR) is 92.3 cm³/mol. The first-order valence-electron chi connectivity index (χ1n) is 7.85. The van der Waals surface area contributed by atoms with Gasteiger partial charge in [-0.15, -0.1) is 0 Å². The lowest BCUT2D eigenvalue weighted by Crippen LogP contribution is -2.23. The van der Waals surface area contributed by atoms with Crippen LogP contribution in [-0.2, 0) is 17.8 Å². The summed E-state index contributed by atoms with van der Waals surface area (Å²) in [4.78, 5) is 19.4. The first-order chi connectivity index (χ1) is 11.7. The molecule has 3 aromatic rings. The predicted octanol–water partition coefficient (Wildman–Crippen LogP) is 3.03. The standard InChI is InChI=1S/C19H19N3O2/c23-17-9-5-4-8-15(17)10-11-19(24)21-13-18-20-12-16(22-18)14-6-2-1-3-7-14/h1-9,12,23H,10-11,13H2,(H,20,22)(H,21,24). The number of phenols is 1. The van der Waals surface area contributed by atoms with Gasteiger partial charge in [-0.25, -0.2) is 4.98 Å². The Morgan fingerprint density at radius 2 is 1.83 bits per heavy atom. The number of nitrogens with zero attached hydrogens (tertiary/aromatic N) is 1. The zero-order valence-electron chi connectivity index (χ0n) is 13.2.